The maximum absolute atomic E-state index is 12.3. The first-order valence-corrected chi connectivity index (χ1v) is 7.75. The largest absolute Gasteiger partial charge is 0.354 e. The highest BCUT2D eigenvalue weighted by molar-refractivity contribution is 5.79. The van der Waals surface area contributed by atoms with Gasteiger partial charge in [0.05, 0.1) is 0 Å². The summed E-state index contributed by atoms with van der Waals surface area (Å²) in [4.78, 5) is 34.8. The van der Waals surface area contributed by atoms with E-state index in [1.807, 2.05) is 31.5 Å². The first-order chi connectivity index (χ1) is 10.9. The van der Waals surface area contributed by atoms with Gasteiger partial charge in [0, 0.05) is 43.0 Å². The third-order valence-electron chi connectivity index (χ3n) is 3.61. The maximum atomic E-state index is 12.3. The minimum absolute atomic E-state index is 0.0773. The van der Waals surface area contributed by atoms with Crippen molar-refractivity contribution in [1.29, 1.82) is 0 Å². The lowest BCUT2D eigenvalue weighted by atomic mass is 10.2. The molecule has 0 saturated carbocycles. The lowest BCUT2D eigenvalue weighted by molar-refractivity contribution is -0.123. The van der Waals surface area contributed by atoms with Crippen LogP contribution in [0.15, 0.2) is 23.3 Å². The fourth-order valence-electron chi connectivity index (χ4n) is 2.46. The van der Waals surface area contributed by atoms with E-state index in [0.29, 0.717) is 24.5 Å². The van der Waals surface area contributed by atoms with Crippen molar-refractivity contribution in [1.82, 2.24) is 24.8 Å². The molecular weight excluding hydrogens is 294 g/mol. The molecular formula is C16H23N5O2. The highest BCUT2D eigenvalue weighted by Crippen LogP contribution is 2.17. The van der Waals surface area contributed by atoms with Crippen molar-refractivity contribution in [3.05, 3.63) is 46.2 Å². The van der Waals surface area contributed by atoms with Gasteiger partial charge in [0.15, 0.2) is 0 Å². The van der Waals surface area contributed by atoms with Crippen LogP contribution in [0.4, 0.5) is 0 Å². The molecule has 1 atom stereocenters. The van der Waals surface area contributed by atoms with Crippen LogP contribution in [0.3, 0.4) is 0 Å². The molecule has 0 bridgehead atoms. The van der Waals surface area contributed by atoms with Crippen molar-refractivity contribution in [2.75, 3.05) is 6.54 Å². The number of rotatable bonds is 6. The molecule has 0 aliphatic rings. The summed E-state index contributed by atoms with van der Waals surface area (Å²) in [5.74, 6) is 1.64. The fraction of sp³-hybridized carbons (Fsp3) is 0.500. The van der Waals surface area contributed by atoms with Gasteiger partial charge in [-0.1, -0.05) is 13.8 Å². The lowest BCUT2D eigenvalue weighted by Gasteiger charge is -2.17. The monoisotopic (exact) mass is 317 g/mol. The van der Waals surface area contributed by atoms with Crippen LogP contribution in [0, 0.1) is 6.92 Å². The molecule has 2 aromatic rings. The molecule has 0 spiro atoms. The number of imidazole rings is 1. The normalized spacial score (nSPS) is 12.4. The Hall–Kier alpha value is -2.44. The zero-order valence-corrected chi connectivity index (χ0v) is 14.0. The highest BCUT2D eigenvalue weighted by Gasteiger charge is 2.18. The number of aromatic nitrogens is 4. The first-order valence-electron chi connectivity index (χ1n) is 7.75. The van der Waals surface area contributed by atoms with Gasteiger partial charge in [0.2, 0.25) is 5.91 Å². The molecule has 2 rings (SSSR count). The number of aromatic amines is 1. The molecule has 0 aliphatic heterocycles. The molecule has 2 N–H and O–H groups in total. The van der Waals surface area contributed by atoms with Crippen molar-refractivity contribution in [3.8, 4) is 0 Å². The van der Waals surface area contributed by atoms with Gasteiger partial charge in [-0.3, -0.25) is 9.59 Å². The summed E-state index contributed by atoms with van der Waals surface area (Å²) in [6.07, 6.45) is 4.05. The van der Waals surface area contributed by atoms with Crippen LogP contribution in [0.1, 0.15) is 50.1 Å². The summed E-state index contributed by atoms with van der Waals surface area (Å²) in [6, 6.07) is 1.12. The average molecular weight is 317 g/mol. The van der Waals surface area contributed by atoms with E-state index in [0.717, 1.165) is 5.82 Å². The first kappa shape index (κ1) is 16.9. The molecule has 0 aromatic carbocycles. The quantitative estimate of drug-likeness (QED) is 0.840. The maximum Gasteiger partial charge on any atom is 0.251 e. The van der Waals surface area contributed by atoms with Gasteiger partial charge in [0.25, 0.3) is 5.56 Å². The van der Waals surface area contributed by atoms with Crippen LogP contribution in [-0.4, -0.2) is 32.0 Å². The van der Waals surface area contributed by atoms with Crippen molar-refractivity contribution in [3.63, 3.8) is 0 Å². The smallest absolute Gasteiger partial charge is 0.251 e. The standard InChI is InChI=1S/C16H23N5O2/c1-10(2)15-17-7-8-21(15)11(3)16(23)18-6-5-13-9-14(22)20-12(4)19-13/h7-11H,5-6H2,1-4H3,(H,18,23)(H,19,20,22)/t11-/m0/s1. The summed E-state index contributed by atoms with van der Waals surface area (Å²) < 4.78 is 1.88. The molecule has 0 aliphatic carbocycles. The molecule has 1 amide bonds. The second-order valence-electron chi connectivity index (χ2n) is 5.89. The summed E-state index contributed by atoms with van der Waals surface area (Å²) in [5, 5.41) is 2.88. The Labute approximate surface area is 135 Å². The van der Waals surface area contributed by atoms with E-state index in [2.05, 4.69) is 20.3 Å². The third kappa shape index (κ3) is 4.28. The number of hydrogen-bond donors (Lipinski definition) is 2. The summed E-state index contributed by atoms with van der Waals surface area (Å²) in [6.45, 7) is 8.11. The number of nitrogens with zero attached hydrogens (tertiary/aromatic N) is 3. The van der Waals surface area contributed by atoms with E-state index >= 15 is 0 Å². The van der Waals surface area contributed by atoms with E-state index < -0.39 is 0 Å². The third-order valence-corrected chi connectivity index (χ3v) is 3.61. The Morgan fingerprint density at radius 2 is 2.13 bits per heavy atom. The molecule has 0 fully saturated rings. The van der Waals surface area contributed by atoms with Gasteiger partial charge in [-0.15, -0.1) is 0 Å². The van der Waals surface area contributed by atoms with E-state index in [1.165, 1.54) is 6.07 Å². The Morgan fingerprint density at radius 1 is 1.39 bits per heavy atom. The minimum atomic E-state index is -0.330. The van der Waals surface area contributed by atoms with Crippen LogP contribution in [0.5, 0.6) is 0 Å². The van der Waals surface area contributed by atoms with Gasteiger partial charge in [-0.25, -0.2) is 9.97 Å². The van der Waals surface area contributed by atoms with Gasteiger partial charge in [-0.05, 0) is 13.8 Å². The van der Waals surface area contributed by atoms with E-state index in [9.17, 15) is 9.59 Å². The summed E-state index contributed by atoms with van der Waals surface area (Å²) in [5.41, 5.74) is 0.497. The van der Waals surface area contributed by atoms with Crippen LogP contribution >= 0.6 is 0 Å². The van der Waals surface area contributed by atoms with Crippen LogP contribution in [0.2, 0.25) is 0 Å². The minimum Gasteiger partial charge on any atom is -0.354 e. The predicted molar refractivity (Wildman–Crippen MR) is 87.3 cm³/mol. The Bertz CT molecular complexity index is 732. The Kier molecular flexibility index (Phi) is 5.31. The molecule has 124 valence electrons. The second-order valence-corrected chi connectivity index (χ2v) is 5.89. The second kappa shape index (κ2) is 7.21. The van der Waals surface area contributed by atoms with Crippen LogP contribution < -0.4 is 10.9 Å². The molecule has 2 aromatic heterocycles. The molecule has 7 nitrogen and oxygen atoms in total. The molecule has 0 radical (unpaired) electrons. The van der Waals surface area contributed by atoms with Crippen molar-refractivity contribution in [2.45, 2.75) is 46.1 Å². The summed E-state index contributed by atoms with van der Waals surface area (Å²) >= 11 is 0. The van der Waals surface area contributed by atoms with Crippen LogP contribution in [-0.2, 0) is 11.2 Å². The number of carbonyl (C=O) groups excluding carboxylic acids is 1. The number of amides is 1. The number of carbonyl (C=O) groups is 1. The predicted octanol–water partition coefficient (Wildman–Crippen LogP) is 1.32. The number of nitrogens with one attached hydrogen (secondary N) is 2. The molecule has 7 heteroatoms. The van der Waals surface area contributed by atoms with Crippen molar-refractivity contribution >= 4 is 5.91 Å². The number of hydrogen-bond acceptors (Lipinski definition) is 4. The van der Waals surface area contributed by atoms with Crippen molar-refractivity contribution in [2.24, 2.45) is 0 Å². The topological polar surface area (TPSA) is 92.7 Å². The highest BCUT2D eigenvalue weighted by atomic mass is 16.2. The van der Waals surface area contributed by atoms with E-state index in [4.69, 9.17) is 0 Å². The zero-order valence-electron chi connectivity index (χ0n) is 14.0. The molecule has 0 unspecified atom stereocenters. The van der Waals surface area contributed by atoms with Gasteiger partial charge >= 0.3 is 0 Å². The number of H-pyrrole nitrogens is 1. The average Bonchev–Trinajstić information content (AvgIpc) is 2.94. The Balaban J connectivity index is 1.94. The Morgan fingerprint density at radius 3 is 2.78 bits per heavy atom. The molecule has 2 heterocycles. The van der Waals surface area contributed by atoms with Crippen LogP contribution in [0.25, 0.3) is 0 Å². The van der Waals surface area contributed by atoms with Gasteiger partial charge < -0.3 is 14.9 Å². The van der Waals surface area contributed by atoms with Crippen molar-refractivity contribution < 1.29 is 4.79 Å². The summed E-state index contributed by atoms with van der Waals surface area (Å²) in [7, 11) is 0. The lowest BCUT2D eigenvalue weighted by Crippen LogP contribution is -2.33. The molecule has 0 saturated heterocycles. The zero-order chi connectivity index (χ0) is 17.0. The SMILES string of the molecule is Cc1nc(CCNC(=O)[C@H](C)n2ccnc2C(C)C)cc(=O)[nH]1. The van der Waals surface area contributed by atoms with Gasteiger partial charge in [-0.2, -0.15) is 0 Å². The number of aryl methyl sites for hydroxylation is 1. The van der Waals surface area contributed by atoms with Gasteiger partial charge in [0.1, 0.15) is 17.7 Å². The molecule has 23 heavy (non-hydrogen) atoms. The van der Waals surface area contributed by atoms with E-state index in [1.54, 1.807) is 13.1 Å². The fourth-order valence-corrected chi connectivity index (χ4v) is 2.46. The van der Waals surface area contributed by atoms with E-state index in [-0.39, 0.29) is 23.4 Å².